The van der Waals surface area contributed by atoms with E-state index in [1.54, 1.807) is 6.20 Å². The third-order valence-corrected chi connectivity index (χ3v) is 6.75. The summed E-state index contributed by atoms with van der Waals surface area (Å²) in [5.74, 6) is -0.127. The Morgan fingerprint density at radius 1 is 1.08 bits per heavy atom. The predicted octanol–water partition coefficient (Wildman–Crippen LogP) is 4.92. The number of nitrogens with two attached hydrogens (primary N) is 1. The van der Waals surface area contributed by atoms with Gasteiger partial charge in [-0.3, -0.25) is 15.1 Å². The molecule has 2 aliphatic rings. The van der Waals surface area contributed by atoms with Crippen LogP contribution in [0, 0.1) is 0 Å². The Kier molecular flexibility index (Phi) is 5.56. The average molecular weight is 478 g/mol. The Labute approximate surface area is 208 Å². The minimum Gasteiger partial charge on any atom is -0.362 e. The molecule has 2 aliphatic heterocycles. The number of aromatic amines is 2. The minimum absolute atomic E-state index is 0.0830. The quantitative estimate of drug-likeness (QED) is 0.254. The molecular formula is C29H27N5O2. The van der Waals surface area contributed by atoms with E-state index in [2.05, 4.69) is 33.5 Å². The van der Waals surface area contributed by atoms with Crippen LogP contribution >= 0.6 is 0 Å². The van der Waals surface area contributed by atoms with Gasteiger partial charge in [-0.2, -0.15) is 0 Å². The number of hydroxylamine groups is 2. The normalized spacial score (nSPS) is 17.2. The summed E-state index contributed by atoms with van der Waals surface area (Å²) in [5.41, 5.74) is 14.8. The van der Waals surface area contributed by atoms with E-state index >= 15 is 0 Å². The van der Waals surface area contributed by atoms with Crippen molar-refractivity contribution in [1.29, 1.82) is 0 Å². The lowest BCUT2D eigenvalue weighted by Crippen LogP contribution is -2.27. The number of anilines is 1. The molecule has 7 nitrogen and oxygen atoms in total. The summed E-state index contributed by atoms with van der Waals surface area (Å²) in [7, 11) is 0. The van der Waals surface area contributed by atoms with E-state index in [4.69, 9.17) is 5.73 Å². The number of carbonyl (C=O) groups is 1. The predicted molar refractivity (Wildman–Crippen MR) is 143 cm³/mol. The molecule has 4 heterocycles. The van der Waals surface area contributed by atoms with Gasteiger partial charge in [-0.15, -0.1) is 0 Å². The number of hydrogen-bond donors (Lipinski definition) is 5. The first kappa shape index (κ1) is 22.2. The smallest absolute Gasteiger partial charge is 0.256 e. The molecule has 2 aromatic heterocycles. The van der Waals surface area contributed by atoms with Crippen LogP contribution in [0.4, 0.5) is 5.69 Å². The summed E-state index contributed by atoms with van der Waals surface area (Å²) in [6.45, 7) is 0.411. The van der Waals surface area contributed by atoms with E-state index in [1.165, 1.54) is 16.0 Å². The highest BCUT2D eigenvalue weighted by atomic mass is 16.5. The van der Waals surface area contributed by atoms with Crippen molar-refractivity contribution < 1.29 is 10.0 Å². The van der Waals surface area contributed by atoms with Crippen molar-refractivity contribution in [2.24, 2.45) is 5.73 Å². The first-order valence-corrected chi connectivity index (χ1v) is 12.0. The van der Waals surface area contributed by atoms with Crippen LogP contribution in [0.15, 0.2) is 84.8 Å². The second-order valence-electron chi connectivity index (χ2n) is 9.41. The summed E-state index contributed by atoms with van der Waals surface area (Å²) in [5, 5.41) is 15.8. The van der Waals surface area contributed by atoms with Crippen LogP contribution in [0.5, 0.6) is 0 Å². The van der Waals surface area contributed by atoms with Crippen molar-refractivity contribution in [2.75, 3.05) is 11.9 Å². The number of carbonyl (C=O) groups excluding carboxylic acids is 1. The fraction of sp³-hybridized carbons (Fsp3) is 0.138. The van der Waals surface area contributed by atoms with Crippen LogP contribution in [0.3, 0.4) is 0 Å². The number of amides is 1. The maximum Gasteiger partial charge on any atom is 0.256 e. The number of hydrogen-bond acceptors (Lipinski definition) is 4. The van der Waals surface area contributed by atoms with Gasteiger partial charge in [-0.25, -0.2) is 0 Å². The van der Waals surface area contributed by atoms with Gasteiger partial charge in [0, 0.05) is 58.1 Å². The van der Waals surface area contributed by atoms with Crippen LogP contribution in [-0.2, 0) is 11.2 Å². The molecule has 6 rings (SSSR count). The van der Waals surface area contributed by atoms with Gasteiger partial charge in [-0.05, 0) is 65.9 Å². The molecule has 0 fully saturated rings. The van der Waals surface area contributed by atoms with E-state index in [9.17, 15) is 10.0 Å². The molecule has 4 aromatic rings. The van der Waals surface area contributed by atoms with Crippen molar-refractivity contribution in [3.05, 3.63) is 107 Å². The molecule has 2 aromatic carbocycles. The Morgan fingerprint density at radius 2 is 1.97 bits per heavy atom. The molecule has 0 aliphatic carbocycles. The van der Waals surface area contributed by atoms with Crippen molar-refractivity contribution in [3.63, 3.8) is 0 Å². The molecule has 0 radical (unpaired) electrons. The number of fused-ring (bicyclic) bond motifs is 2. The van der Waals surface area contributed by atoms with Gasteiger partial charge in [0.05, 0.1) is 12.1 Å². The van der Waals surface area contributed by atoms with Gasteiger partial charge in [0.25, 0.3) is 5.91 Å². The highest BCUT2D eigenvalue weighted by Crippen LogP contribution is 2.36. The van der Waals surface area contributed by atoms with Gasteiger partial charge in [0.15, 0.2) is 0 Å². The molecule has 0 bridgehead atoms. The van der Waals surface area contributed by atoms with Crippen LogP contribution in [0.2, 0.25) is 0 Å². The summed E-state index contributed by atoms with van der Waals surface area (Å²) in [6.07, 6.45) is 10.9. The zero-order valence-corrected chi connectivity index (χ0v) is 19.7. The first-order chi connectivity index (χ1) is 17.5. The van der Waals surface area contributed by atoms with E-state index in [0.29, 0.717) is 18.5 Å². The highest BCUT2D eigenvalue weighted by molar-refractivity contribution is 6.35. The summed E-state index contributed by atoms with van der Waals surface area (Å²) < 4.78 is 0. The maximum atomic E-state index is 12.6. The van der Waals surface area contributed by atoms with Crippen molar-refractivity contribution in [1.82, 2.24) is 15.0 Å². The second kappa shape index (κ2) is 9.03. The summed E-state index contributed by atoms with van der Waals surface area (Å²) in [4.78, 5) is 19.0. The van der Waals surface area contributed by atoms with E-state index in [-0.39, 0.29) is 11.9 Å². The van der Waals surface area contributed by atoms with Crippen molar-refractivity contribution >= 4 is 39.7 Å². The number of nitrogens with zero attached hydrogens (tertiary/aromatic N) is 1. The van der Waals surface area contributed by atoms with Gasteiger partial charge in [-0.1, -0.05) is 30.3 Å². The molecule has 1 amide bonds. The summed E-state index contributed by atoms with van der Waals surface area (Å²) >= 11 is 0. The molecule has 7 heteroatoms. The van der Waals surface area contributed by atoms with E-state index in [1.807, 2.05) is 60.9 Å². The lowest BCUT2D eigenvalue weighted by atomic mass is 9.93. The van der Waals surface area contributed by atoms with Gasteiger partial charge in [0.2, 0.25) is 0 Å². The standard InChI is InChI=1S/C29H27N5O2/c30-22(12-20-15-32-27-6-2-1-5-24(20)27)11-18-10-21(17-34(36)16-18)19-7-8-28-25(13-19)26(29(35)33-28)14-23-4-3-9-31-23/h1-10,13-15,17,22,31-32,36H,11-12,16,30H2,(H,33,35)/b26-14-/t22-/m0/s1. The van der Waals surface area contributed by atoms with Gasteiger partial charge >= 0.3 is 0 Å². The largest absolute Gasteiger partial charge is 0.362 e. The SMILES string of the molecule is N[C@@H](CC1=CC(c2ccc3c(c2)/C(=C/c2ccc[nH]2)C(=O)N3)=CN(O)C1)Cc1c[nH]c2ccccc12. The third kappa shape index (κ3) is 4.26. The van der Waals surface area contributed by atoms with Crippen LogP contribution < -0.4 is 11.1 Å². The van der Waals surface area contributed by atoms with Crippen LogP contribution in [0.1, 0.15) is 28.8 Å². The molecule has 180 valence electrons. The van der Waals surface area contributed by atoms with Crippen molar-refractivity contribution in [3.8, 4) is 0 Å². The Morgan fingerprint density at radius 3 is 2.83 bits per heavy atom. The average Bonchev–Trinajstić information content (AvgIpc) is 3.59. The molecular weight excluding hydrogens is 450 g/mol. The number of para-hydroxylation sites is 1. The molecule has 0 unspecified atom stereocenters. The maximum absolute atomic E-state index is 12.6. The lowest BCUT2D eigenvalue weighted by molar-refractivity contribution is -0.110. The first-order valence-electron chi connectivity index (χ1n) is 12.0. The number of nitrogens with one attached hydrogen (secondary N) is 3. The Bertz CT molecular complexity index is 1540. The van der Waals surface area contributed by atoms with Gasteiger partial charge < -0.3 is 21.0 Å². The second-order valence-corrected chi connectivity index (χ2v) is 9.41. The third-order valence-electron chi connectivity index (χ3n) is 6.75. The lowest BCUT2D eigenvalue weighted by Gasteiger charge is -2.24. The summed E-state index contributed by atoms with van der Waals surface area (Å²) in [6, 6.07) is 17.8. The van der Waals surface area contributed by atoms with Crippen molar-refractivity contribution in [2.45, 2.75) is 18.9 Å². The topological polar surface area (TPSA) is 110 Å². The van der Waals surface area contributed by atoms with E-state index < -0.39 is 0 Å². The monoisotopic (exact) mass is 477 g/mol. The number of allylic oxidation sites excluding steroid dienone is 2. The number of H-pyrrole nitrogens is 2. The molecule has 1 atom stereocenters. The Balaban J connectivity index is 1.24. The van der Waals surface area contributed by atoms with Crippen LogP contribution in [0.25, 0.3) is 28.1 Å². The Hall–Kier alpha value is -4.33. The molecule has 0 spiro atoms. The van der Waals surface area contributed by atoms with E-state index in [0.717, 1.165) is 45.6 Å². The molecule has 0 saturated heterocycles. The number of benzene rings is 2. The zero-order chi connectivity index (χ0) is 24.6. The van der Waals surface area contributed by atoms with Crippen LogP contribution in [-0.4, -0.2) is 38.7 Å². The highest BCUT2D eigenvalue weighted by Gasteiger charge is 2.25. The fourth-order valence-electron chi connectivity index (χ4n) is 5.09. The number of rotatable bonds is 6. The zero-order valence-electron chi connectivity index (χ0n) is 19.7. The van der Waals surface area contributed by atoms with Gasteiger partial charge in [0.1, 0.15) is 0 Å². The molecule has 6 N–H and O–H groups in total. The fourth-order valence-corrected chi connectivity index (χ4v) is 5.09. The molecule has 0 saturated carbocycles. The minimum atomic E-state index is -0.127. The number of aromatic nitrogens is 2. The molecule has 36 heavy (non-hydrogen) atoms.